The van der Waals surface area contributed by atoms with Crippen molar-refractivity contribution in [1.82, 2.24) is 10.3 Å². The molecule has 132 valence electrons. The molecule has 2 heterocycles. The van der Waals surface area contributed by atoms with Crippen LogP contribution in [0.3, 0.4) is 0 Å². The summed E-state index contributed by atoms with van der Waals surface area (Å²) in [5.74, 6) is -0.247. The lowest BCUT2D eigenvalue weighted by atomic mass is 9.96. The van der Waals surface area contributed by atoms with Gasteiger partial charge < -0.3 is 16.0 Å². The van der Waals surface area contributed by atoms with E-state index in [9.17, 15) is 14.9 Å². The average molecular weight is 343 g/mol. The summed E-state index contributed by atoms with van der Waals surface area (Å²) in [6.07, 6.45) is 2.87. The fourth-order valence-corrected chi connectivity index (χ4v) is 3.32. The summed E-state index contributed by atoms with van der Waals surface area (Å²) < 4.78 is 0. The molecule has 1 amide bonds. The van der Waals surface area contributed by atoms with Crippen LogP contribution in [-0.4, -0.2) is 42.0 Å². The third-order valence-electron chi connectivity index (χ3n) is 4.48. The van der Waals surface area contributed by atoms with Gasteiger partial charge in [-0.3, -0.25) is 14.9 Å². The van der Waals surface area contributed by atoms with Crippen LogP contribution in [0, 0.1) is 16.0 Å². The number of piperidine rings is 1. The van der Waals surface area contributed by atoms with Crippen LogP contribution in [-0.2, 0) is 4.79 Å². The molecule has 0 saturated carbocycles. The first-order valence-corrected chi connectivity index (χ1v) is 8.36. The first kappa shape index (κ1) is 17.1. The number of aromatic nitrogens is 1. The number of hydrogen-bond acceptors (Lipinski definition) is 6. The SMILES string of the molecule is NCCNC(=O)C1CCCN(c2c([N+](=O)[O-])cnc3ccccc23)C1. The van der Waals surface area contributed by atoms with Crippen LogP contribution in [0.4, 0.5) is 11.4 Å². The van der Waals surface area contributed by atoms with Crippen LogP contribution >= 0.6 is 0 Å². The number of amides is 1. The predicted molar refractivity (Wildman–Crippen MR) is 95.4 cm³/mol. The number of anilines is 1. The number of rotatable bonds is 5. The number of benzene rings is 1. The minimum absolute atomic E-state index is 0.0262. The number of para-hydroxylation sites is 1. The molecule has 3 rings (SSSR count). The van der Waals surface area contributed by atoms with E-state index in [1.807, 2.05) is 29.2 Å². The molecule has 1 aromatic heterocycles. The Bertz CT molecular complexity index is 795. The maximum Gasteiger partial charge on any atom is 0.311 e. The van der Waals surface area contributed by atoms with Gasteiger partial charge in [-0.2, -0.15) is 0 Å². The van der Waals surface area contributed by atoms with Crippen LogP contribution in [0.25, 0.3) is 10.9 Å². The minimum atomic E-state index is -0.410. The van der Waals surface area contributed by atoms with Gasteiger partial charge in [0.15, 0.2) is 0 Å². The van der Waals surface area contributed by atoms with Crippen molar-refractivity contribution in [1.29, 1.82) is 0 Å². The number of pyridine rings is 1. The van der Waals surface area contributed by atoms with Gasteiger partial charge in [0.05, 0.1) is 16.4 Å². The minimum Gasteiger partial charge on any atom is -0.365 e. The molecule has 1 aliphatic heterocycles. The second kappa shape index (κ2) is 7.43. The first-order valence-electron chi connectivity index (χ1n) is 8.36. The van der Waals surface area contributed by atoms with Crippen LogP contribution in [0.5, 0.6) is 0 Å². The zero-order valence-corrected chi connectivity index (χ0v) is 13.9. The second-order valence-corrected chi connectivity index (χ2v) is 6.13. The van der Waals surface area contributed by atoms with E-state index in [1.54, 1.807) is 0 Å². The number of nitro groups is 1. The fraction of sp³-hybridized carbons (Fsp3) is 0.412. The number of hydrogen-bond donors (Lipinski definition) is 2. The molecule has 0 radical (unpaired) electrons. The molecular formula is C17H21N5O3. The fourth-order valence-electron chi connectivity index (χ4n) is 3.32. The van der Waals surface area contributed by atoms with Gasteiger partial charge in [-0.15, -0.1) is 0 Å². The van der Waals surface area contributed by atoms with Crippen LogP contribution < -0.4 is 16.0 Å². The predicted octanol–water partition coefficient (Wildman–Crippen LogP) is 1.43. The maximum atomic E-state index is 12.3. The first-order chi connectivity index (χ1) is 12.1. The van der Waals surface area contributed by atoms with Gasteiger partial charge in [-0.25, -0.2) is 4.98 Å². The van der Waals surface area contributed by atoms with Gasteiger partial charge in [0, 0.05) is 31.6 Å². The Morgan fingerprint density at radius 2 is 2.24 bits per heavy atom. The molecule has 1 aliphatic rings. The molecule has 0 spiro atoms. The van der Waals surface area contributed by atoms with E-state index in [4.69, 9.17) is 5.73 Å². The molecular weight excluding hydrogens is 322 g/mol. The monoisotopic (exact) mass is 343 g/mol. The highest BCUT2D eigenvalue weighted by molar-refractivity contribution is 5.96. The quantitative estimate of drug-likeness (QED) is 0.627. The molecule has 0 bridgehead atoms. The molecule has 1 aromatic carbocycles. The maximum absolute atomic E-state index is 12.3. The van der Waals surface area contributed by atoms with E-state index >= 15 is 0 Å². The summed E-state index contributed by atoms with van der Waals surface area (Å²) in [6, 6.07) is 7.36. The highest BCUT2D eigenvalue weighted by atomic mass is 16.6. The lowest BCUT2D eigenvalue weighted by Gasteiger charge is -2.33. The lowest BCUT2D eigenvalue weighted by Crippen LogP contribution is -2.44. The Kier molecular flexibility index (Phi) is 5.08. The normalized spacial score (nSPS) is 17.5. The Morgan fingerprint density at radius 1 is 1.44 bits per heavy atom. The molecule has 1 saturated heterocycles. The Balaban J connectivity index is 1.96. The third kappa shape index (κ3) is 3.53. The Labute approximate surface area is 145 Å². The molecule has 2 aromatic rings. The second-order valence-electron chi connectivity index (χ2n) is 6.13. The molecule has 3 N–H and O–H groups in total. The van der Waals surface area contributed by atoms with Crippen LogP contribution in [0.15, 0.2) is 30.5 Å². The number of fused-ring (bicyclic) bond motifs is 1. The van der Waals surface area contributed by atoms with Gasteiger partial charge in [-0.05, 0) is 18.9 Å². The molecule has 8 heteroatoms. The zero-order valence-electron chi connectivity index (χ0n) is 13.9. The largest absolute Gasteiger partial charge is 0.365 e. The molecule has 1 unspecified atom stereocenters. The number of nitrogens with zero attached hydrogens (tertiary/aromatic N) is 3. The number of carbonyl (C=O) groups excluding carboxylic acids is 1. The standard InChI is InChI=1S/C17H21N5O3/c18-7-8-19-17(23)12-4-3-9-21(11-12)16-13-5-1-2-6-14(13)20-10-15(16)22(24)25/h1-2,5-6,10,12H,3-4,7-9,11,18H2,(H,19,23). The van der Waals surface area contributed by atoms with Gasteiger partial charge in [0.25, 0.3) is 0 Å². The highest BCUT2D eigenvalue weighted by Gasteiger charge is 2.30. The van der Waals surface area contributed by atoms with E-state index in [0.29, 0.717) is 37.4 Å². The molecule has 25 heavy (non-hydrogen) atoms. The van der Waals surface area contributed by atoms with E-state index in [-0.39, 0.29) is 17.5 Å². The van der Waals surface area contributed by atoms with E-state index in [0.717, 1.165) is 18.2 Å². The molecule has 1 fully saturated rings. The van der Waals surface area contributed by atoms with Crippen molar-refractivity contribution in [2.24, 2.45) is 11.7 Å². The molecule has 8 nitrogen and oxygen atoms in total. The van der Waals surface area contributed by atoms with Gasteiger partial charge >= 0.3 is 5.69 Å². The van der Waals surface area contributed by atoms with Crippen molar-refractivity contribution in [3.8, 4) is 0 Å². The summed E-state index contributed by atoms with van der Waals surface area (Å²) >= 11 is 0. The van der Waals surface area contributed by atoms with Crippen molar-refractivity contribution >= 4 is 28.2 Å². The Morgan fingerprint density at radius 3 is 3.00 bits per heavy atom. The summed E-state index contributed by atoms with van der Waals surface area (Å²) in [6.45, 7) is 1.96. The van der Waals surface area contributed by atoms with E-state index in [1.165, 1.54) is 6.20 Å². The van der Waals surface area contributed by atoms with Crippen molar-refractivity contribution in [3.63, 3.8) is 0 Å². The molecule has 0 aliphatic carbocycles. The Hall–Kier alpha value is -2.74. The molecule has 1 atom stereocenters. The number of nitrogens with one attached hydrogen (secondary N) is 1. The topological polar surface area (TPSA) is 114 Å². The summed E-state index contributed by atoms with van der Waals surface area (Å²) in [7, 11) is 0. The lowest BCUT2D eigenvalue weighted by molar-refractivity contribution is -0.384. The van der Waals surface area contributed by atoms with Crippen molar-refractivity contribution in [2.75, 3.05) is 31.1 Å². The van der Waals surface area contributed by atoms with Gasteiger partial charge in [0.1, 0.15) is 11.9 Å². The van der Waals surface area contributed by atoms with Crippen LogP contribution in [0.1, 0.15) is 12.8 Å². The zero-order chi connectivity index (χ0) is 17.8. The van der Waals surface area contributed by atoms with Crippen molar-refractivity contribution in [2.45, 2.75) is 12.8 Å². The van der Waals surface area contributed by atoms with E-state index < -0.39 is 4.92 Å². The average Bonchev–Trinajstić information content (AvgIpc) is 2.65. The third-order valence-corrected chi connectivity index (χ3v) is 4.48. The number of carbonyl (C=O) groups is 1. The smallest absolute Gasteiger partial charge is 0.311 e. The summed E-state index contributed by atoms with van der Waals surface area (Å²) in [5, 5.41) is 15.1. The van der Waals surface area contributed by atoms with Gasteiger partial charge in [0.2, 0.25) is 5.91 Å². The van der Waals surface area contributed by atoms with Gasteiger partial charge in [-0.1, -0.05) is 18.2 Å². The highest BCUT2D eigenvalue weighted by Crippen LogP contribution is 2.37. The van der Waals surface area contributed by atoms with Crippen molar-refractivity contribution in [3.05, 3.63) is 40.6 Å². The van der Waals surface area contributed by atoms with Crippen LogP contribution in [0.2, 0.25) is 0 Å². The van der Waals surface area contributed by atoms with Crippen molar-refractivity contribution < 1.29 is 9.72 Å². The summed E-state index contributed by atoms with van der Waals surface area (Å²) in [5.41, 5.74) is 6.66. The number of nitrogens with two attached hydrogens (primary N) is 1. The van der Waals surface area contributed by atoms with E-state index in [2.05, 4.69) is 10.3 Å². The summed E-state index contributed by atoms with van der Waals surface area (Å²) in [4.78, 5) is 29.5.